The number of carbonyl (C=O) groups excluding carboxylic acids is 1. The van der Waals surface area contributed by atoms with Crippen LogP contribution in [0.5, 0.6) is 11.6 Å². The van der Waals surface area contributed by atoms with E-state index in [1.54, 1.807) is 24.4 Å². The first-order valence-corrected chi connectivity index (χ1v) is 10.9. The molecule has 0 bridgehead atoms. The molecule has 0 N–H and O–H groups in total. The van der Waals surface area contributed by atoms with Crippen molar-refractivity contribution in [1.82, 2.24) is 4.98 Å². The summed E-state index contributed by atoms with van der Waals surface area (Å²) in [7, 11) is 0. The molecule has 0 saturated heterocycles. The molecule has 3 atom stereocenters. The number of esters is 1. The number of nitriles is 1. The summed E-state index contributed by atoms with van der Waals surface area (Å²) < 4.78 is 11.3. The zero-order chi connectivity index (χ0) is 22.6. The standard InChI is InChI=1S/C25H27N3O4/c1-25(2)19(15-27-30-16-17-8-6-9-17)23(25)24(29)32-21(14-26)20-12-7-13-22(28-20)31-18-10-4-3-5-11-18/h3-5,7,10-13,15,17,19,21,23H,6,8-9,16H2,1-2H3/b27-15+. The quantitative estimate of drug-likeness (QED) is 0.312. The Morgan fingerprint density at radius 3 is 2.72 bits per heavy atom. The van der Waals surface area contributed by atoms with Crippen LogP contribution in [0.3, 0.4) is 0 Å². The average Bonchev–Trinajstić information content (AvgIpc) is 3.31. The molecule has 0 aliphatic heterocycles. The molecule has 0 amide bonds. The molecule has 7 nitrogen and oxygen atoms in total. The van der Waals surface area contributed by atoms with E-state index in [-0.39, 0.29) is 17.3 Å². The topological polar surface area (TPSA) is 93.8 Å². The predicted octanol–water partition coefficient (Wildman–Crippen LogP) is 5.06. The summed E-state index contributed by atoms with van der Waals surface area (Å²) in [6.07, 6.45) is 4.22. The summed E-state index contributed by atoms with van der Waals surface area (Å²) in [5.41, 5.74) is 0.0216. The van der Waals surface area contributed by atoms with Crippen LogP contribution < -0.4 is 4.74 Å². The van der Waals surface area contributed by atoms with Crippen molar-refractivity contribution in [3.63, 3.8) is 0 Å². The van der Waals surface area contributed by atoms with Gasteiger partial charge in [-0.2, -0.15) is 5.26 Å². The van der Waals surface area contributed by atoms with Gasteiger partial charge < -0.3 is 14.3 Å². The van der Waals surface area contributed by atoms with Gasteiger partial charge in [0, 0.05) is 18.2 Å². The second-order valence-electron chi connectivity index (χ2n) is 8.93. The van der Waals surface area contributed by atoms with Gasteiger partial charge in [0.1, 0.15) is 18.4 Å². The lowest BCUT2D eigenvalue weighted by Gasteiger charge is -2.23. The Morgan fingerprint density at radius 1 is 1.25 bits per heavy atom. The lowest BCUT2D eigenvalue weighted by atomic mass is 9.86. The van der Waals surface area contributed by atoms with E-state index in [9.17, 15) is 10.1 Å². The van der Waals surface area contributed by atoms with Gasteiger partial charge in [0.15, 0.2) is 0 Å². The van der Waals surface area contributed by atoms with Crippen LogP contribution in [0.25, 0.3) is 0 Å². The zero-order valence-electron chi connectivity index (χ0n) is 18.3. The van der Waals surface area contributed by atoms with Crippen LogP contribution in [0.4, 0.5) is 0 Å². The third kappa shape index (κ3) is 4.91. The molecule has 2 aliphatic rings. The molecule has 0 radical (unpaired) electrons. The number of oxime groups is 1. The van der Waals surface area contributed by atoms with E-state index in [2.05, 4.69) is 10.1 Å². The highest BCUT2D eigenvalue weighted by atomic mass is 16.6. The second-order valence-corrected chi connectivity index (χ2v) is 8.93. The molecule has 166 valence electrons. The Morgan fingerprint density at radius 2 is 2.03 bits per heavy atom. The number of nitrogens with zero attached hydrogens (tertiary/aromatic N) is 3. The summed E-state index contributed by atoms with van der Waals surface area (Å²) in [5.74, 6) is 0.655. The lowest BCUT2D eigenvalue weighted by Crippen LogP contribution is -2.16. The fourth-order valence-electron chi connectivity index (χ4n) is 3.91. The van der Waals surface area contributed by atoms with Crippen molar-refractivity contribution < 1.29 is 19.1 Å². The average molecular weight is 434 g/mol. The monoisotopic (exact) mass is 433 g/mol. The van der Waals surface area contributed by atoms with Gasteiger partial charge in [-0.1, -0.05) is 49.7 Å². The van der Waals surface area contributed by atoms with Crippen molar-refractivity contribution in [2.45, 2.75) is 39.2 Å². The second kappa shape index (κ2) is 9.39. The molecule has 2 aromatic rings. The molecule has 0 spiro atoms. The highest BCUT2D eigenvalue weighted by Crippen LogP contribution is 2.58. The van der Waals surface area contributed by atoms with E-state index in [0.717, 1.165) is 0 Å². The fourth-order valence-corrected chi connectivity index (χ4v) is 3.91. The minimum absolute atomic E-state index is 0.0866. The lowest BCUT2D eigenvalue weighted by molar-refractivity contribution is -0.149. The molecule has 1 heterocycles. The normalized spacial score (nSPS) is 22.4. The minimum atomic E-state index is -1.12. The molecule has 2 fully saturated rings. The van der Waals surface area contributed by atoms with Crippen LogP contribution in [0.2, 0.25) is 0 Å². The van der Waals surface area contributed by atoms with E-state index in [0.29, 0.717) is 29.8 Å². The highest BCUT2D eigenvalue weighted by molar-refractivity contribution is 5.85. The van der Waals surface area contributed by atoms with Crippen LogP contribution >= 0.6 is 0 Å². The van der Waals surface area contributed by atoms with Crippen molar-refractivity contribution in [3.8, 4) is 17.7 Å². The number of aromatic nitrogens is 1. The number of pyridine rings is 1. The van der Waals surface area contributed by atoms with Crippen molar-refractivity contribution in [1.29, 1.82) is 5.26 Å². The van der Waals surface area contributed by atoms with Gasteiger partial charge in [0.2, 0.25) is 12.0 Å². The van der Waals surface area contributed by atoms with Crippen LogP contribution in [-0.4, -0.2) is 23.8 Å². The molecule has 2 aliphatic carbocycles. The largest absolute Gasteiger partial charge is 0.440 e. The third-order valence-electron chi connectivity index (χ3n) is 6.33. The summed E-state index contributed by atoms with van der Waals surface area (Å²) in [5, 5.41) is 13.7. The Kier molecular flexibility index (Phi) is 6.40. The Bertz CT molecular complexity index is 1010. The Hall–Kier alpha value is -3.40. The molecule has 4 rings (SSSR count). The number of para-hydroxylation sites is 1. The Balaban J connectivity index is 1.36. The maximum atomic E-state index is 12.8. The number of rotatable bonds is 9. The van der Waals surface area contributed by atoms with Crippen LogP contribution in [0.1, 0.15) is 44.9 Å². The third-order valence-corrected chi connectivity index (χ3v) is 6.33. The van der Waals surface area contributed by atoms with Crippen molar-refractivity contribution in [2.75, 3.05) is 6.61 Å². The van der Waals surface area contributed by atoms with Crippen LogP contribution in [0.15, 0.2) is 53.7 Å². The molecule has 3 unspecified atom stereocenters. The molecule has 32 heavy (non-hydrogen) atoms. The molecular formula is C25H27N3O4. The van der Waals surface area contributed by atoms with Gasteiger partial charge in [0.25, 0.3) is 0 Å². The number of ether oxygens (including phenoxy) is 2. The van der Waals surface area contributed by atoms with Gasteiger partial charge in [-0.25, -0.2) is 4.98 Å². The van der Waals surface area contributed by atoms with Gasteiger partial charge in [-0.05, 0) is 42.4 Å². The SMILES string of the molecule is CC1(C)C(/C=N/OCC2CCC2)C1C(=O)OC(C#N)c1cccc(Oc2ccccc2)n1. The predicted molar refractivity (Wildman–Crippen MR) is 118 cm³/mol. The summed E-state index contributed by atoms with van der Waals surface area (Å²) in [4.78, 5) is 22.5. The van der Waals surface area contributed by atoms with Gasteiger partial charge in [-0.15, -0.1) is 0 Å². The molecule has 7 heteroatoms. The summed E-state index contributed by atoms with van der Waals surface area (Å²) in [6, 6.07) is 16.3. The highest BCUT2D eigenvalue weighted by Gasteiger charge is 2.62. The van der Waals surface area contributed by atoms with E-state index in [4.69, 9.17) is 14.3 Å². The van der Waals surface area contributed by atoms with Crippen molar-refractivity contribution in [3.05, 3.63) is 54.2 Å². The van der Waals surface area contributed by atoms with Gasteiger partial charge in [-0.3, -0.25) is 4.79 Å². The fraction of sp³-hybridized carbons (Fsp3) is 0.440. The van der Waals surface area contributed by atoms with Crippen LogP contribution in [0, 0.1) is 34.5 Å². The molecule has 1 aromatic heterocycles. The first-order chi connectivity index (χ1) is 15.5. The number of hydrogen-bond acceptors (Lipinski definition) is 7. The molecule has 2 saturated carbocycles. The summed E-state index contributed by atoms with van der Waals surface area (Å²) >= 11 is 0. The number of carbonyl (C=O) groups is 1. The summed E-state index contributed by atoms with van der Waals surface area (Å²) in [6.45, 7) is 4.59. The van der Waals surface area contributed by atoms with Crippen molar-refractivity contribution in [2.24, 2.45) is 28.3 Å². The maximum Gasteiger partial charge on any atom is 0.311 e. The van der Waals surface area contributed by atoms with E-state index >= 15 is 0 Å². The Labute approximate surface area is 188 Å². The first-order valence-electron chi connectivity index (χ1n) is 10.9. The first kappa shape index (κ1) is 21.8. The molecular weight excluding hydrogens is 406 g/mol. The van der Waals surface area contributed by atoms with Gasteiger partial charge >= 0.3 is 5.97 Å². The maximum absolute atomic E-state index is 12.8. The smallest absolute Gasteiger partial charge is 0.311 e. The van der Waals surface area contributed by atoms with Gasteiger partial charge in [0.05, 0.1) is 11.6 Å². The van der Waals surface area contributed by atoms with E-state index in [1.807, 2.05) is 50.2 Å². The number of hydrogen-bond donors (Lipinski definition) is 0. The molecule has 1 aromatic carbocycles. The van der Waals surface area contributed by atoms with E-state index < -0.39 is 12.1 Å². The van der Waals surface area contributed by atoms with Crippen molar-refractivity contribution >= 4 is 12.2 Å². The number of benzene rings is 1. The minimum Gasteiger partial charge on any atom is -0.440 e. The van der Waals surface area contributed by atoms with Crippen LogP contribution in [-0.2, 0) is 14.4 Å². The zero-order valence-corrected chi connectivity index (χ0v) is 18.3. The van der Waals surface area contributed by atoms with E-state index in [1.165, 1.54) is 19.3 Å².